The molecule has 1 aromatic rings. The molecule has 1 aliphatic carbocycles. The van der Waals surface area contributed by atoms with E-state index >= 15 is 0 Å². The number of fused-ring (bicyclic) bond motifs is 1. The van der Waals surface area contributed by atoms with Crippen LogP contribution in [0.3, 0.4) is 0 Å². The molecule has 2 rings (SSSR count). The molecule has 0 saturated carbocycles. The van der Waals surface area contributed by atoms with Crippen molar-refractivity contribution in [3.8, 4) is 0 Å². The zero-order valence-electron chi connectivity index (χ0n) is 11.5. The number of aromatic nitrogens is 1. The summed E-state index contributed by atoms with van der Waals surface area (Å²) < 4.78 is 1.96. The lowest BCUT2D eigenvalue weighted by atomic mass is 10.1. The number of aryl methyl sites for hydroxylation is 1. The molecule has 0 aromatic carbocycles. The molecule has 0 unspecified atom stereocenters. The minimum Gasteiger partial charge on any atom is -0.315 e. The second-order valence-corrected chi connectivity index (χ2v) is 5.58. The van der Waals surface area contributed by atoms with Crippen molar-refractivity contribution in [2.24, 2.45) is 5.92 Å². The highest BCUT2D eigenvalue weighted by molar-refractivity contribution is 5.25. The first-order chi connectivity index (χ1) is 8.68. The zero-order valence-corrected chi connectivity index (χ0v) is 11.5. The number of pyridine rings is 1. The summed E-state index contributed by atoms with van der Waals surface area (Å²) in [6.45, 7) is 7.21. The van der Waals surface area contributed by atoms with E-state index in [1.165, 1.54) is 24.1 Å². The Bertz CT molecular complexity index is 448. The van der Waals surface area contributed by atoms with Crippen LogP contribution >= 0.6 is 0 Å². The topological polar surface area (TPSA) is 34.0 Å². The average Bonchev–Trinajstić information content (AvgIpc) is 2.79. The van der Waals surface area contributed by atoms with Crippen LogP contribution in [0.1, 0.15) is 37.9 Å². The maximum absolute atomic E-state index is 11.9. The van der Waals surface area contributed by atoms with E-state index in [0.717, 1.165) is 38.4 Å². The molecule has 3 heteroatoms. The molecule has 18 heavy (non-hydrogen) atoms. The van der Waals surface area contributed by atoms with E-state index in [-0.39, 0.29) is 5.56 Å². The summed E-state index contributed by atoms with van der Waals surface area (Å²) in [5, 5.41) is 3.42. The molecule has 1 heterocycles. The van der Waals surface area contributed by atoms with Crippen LogP contribution in [0, 0.1) is 5.92 Å². The molecule has 3 nitrogen and oxygen atoms in total. The fourth-order valence-electron chi connectivity index (χ4n) is 2.59. The van der Waals surface area contributed by atoms with E-state index in [4.69, 9.17) is 0 Å². The Balaban J connectivity index is 1.90. The van der Waals surface area contributed by atoms with Crippen molar-refractivity contribution in [2.75, 3.05) is 13.1 Å². The van der Waals surface area contributed by atoms with Crippen molar-refractivity contribution >= 4 is 0 Å². The highest BCUT2D eigenvalue weighted by Gasteiger charge is 2.15. The molecule has 1 N–H and O–H groups in total. The summed E-state index contributed by atoms with van der Waals surface area (Å²) in [5.41, 5.74) is 2.80. The molecule has 0 saturated heterocycles. The number of rotatable bonds is 6. The summed E-state index contributed by atoms with van der Waals surface area (Å²) in [6.07, 6.45) is 4.59. The Kier molecular flexibility index (Phi) is 4.59. The van der Waals surface area contributed by atoms with Crippen LogP contribution in [0.15, 0.2) is 16.9 Å². The van der Waals surface area contributed by atoms with Crippen molar-refractivity contribution in [1.29, 1.82) is 0 Å². The highest BCUT2D eigenvalue weighted by atomic mass is 16.1. The number of hydrogen-bond donors (Lipinski definition) is 1. The summed E-state index contributed by atoms with van der Waals surface area (Å²) in [6, 6.07) is 3.73. The van der Waals surface area contributed by atoms with Gasteiger partial charge in [0.1, 0.15) is 0 Å². The summed E-state index contributed by atoms with van der Waals surface area (Å²) in [4.78, 5) is 11.9. The van der Waals surface area contributed by atoms with Gasteiger partial charge >= 0.3 is 0 Å². The maximum Gasteiger partial charge on any atom is 0.250 e. The molecule has 0 radical (unpaired) electrons. The van der Waals surface area contributed by atoms with E-state index in [1.807, 2.05) is 10.6 Å². The molecule has 1 aliphatic rings. The van der Waals surface area contributed by atoms with E-state index in [2.05, 4.69) is 19.2 Å². The Morgan fingerprint density at radius 1 is 1.28 bits per heavy atom. The largest absolute Gasteiger partial charge is 0.315 e. The zero-order chi connectivity index (χ0) is 13.0. The Morgan fingerprint density at radius 3 is 2.89 bits per heavy atom. The van der Waals surface area contributed by atoms with Crippen molar-refractivity contribution in [3.05, 3.63) is 33.7 Å². The van der Waals surface area contributed by atoms with Gasteiger partial charge in [-0.1, -0.05) is 19.9 Å². The van der Waals surface area contributed by atoms with Crippen LogP contribution in [0.5, 0.6) is 0 Å². The van der Waals surface area contributed by atoms with Gasteiger partial charge in [-0.3, -0.25) is 4.79 Å². The Morgan fingerprint density at radius 2 is 2.11 bits per heavy atom. The van der Waals surface area contributed by atoms with E-state index in [1.54, 1.807) is 6.07 Å². The number of nitrogens with one attached hydrogen (secondary N) is 1. The van der Waals surface area contributed by atoms with Gasteiger partial charge in [0.05, 0.1) is 0 Å². The first kappa shape index (κ1) is 13.3. The molecule has 0 fully saturated rings. The van der Waals surface area contributed by atoms with Crippen LogP contribution in [-0.2, 0) is 19.4 Å². The third kappa shape index (κ3) is 3.22. The number of nitrogens with zero attached hydrogens (tertiary/aromatic N) is 1. The second kappa shape index (κ2) is 6.19. The molecule has 0 amide bonds. The third-order valence-electron chi connectivity index (χ3n) is 3.66. The third-order valence-corrected chi connectivity index (χ3v) is 3.66. The average molecular weight is 248 g/mol. The minimum atomic E-state index is 0.154. The van der Waals surface area contributed by atoms with Gasteiger partial charge in [0.2, 0.25) is 0 Å². The predicted octanol–water partition coefficient (Wildman–Crippen LogP) is 1.97. The Hall–Kier alpha value is -1.09. The van der Waals surface area contributed by atoms with Crippen molar-refractivity contribution < 1.29 is 0 Å². The van der Waals surface area contributed by atoms with Gasteiger partial charge in [-0.2, -0.15) is 0 Å². The van der Waals surface area contributed by atoms with Gasteiger partial charge in [0, 0.05) is 24.8 Å². The Labute approximate surface area is 109 Å². The fraction of sp³-hybridized carbons (Fsp3) is 0.667. The van der Waals surface area contributed by atoms with Crippen molar-refractivity contribution in [3.63, 3.8) is 0 Å². The molecular formula is C15H24N2O. The molecule has 0 bridgehead atoms. The lowest BCUT2D eigenvalue weighted by Gasteiger charge is -2.12. The lowest BCUT2D eigenvalue weighted by molar-refractivity contribution is 0.511. The maximum atomic E-state index is 11.9. The van der Waals surface area contributed by atoms with E-state index in [9.17, 15) is 4.79 Å². The van der Waals surface area contributed by atoms with Gasteiger partial charge in [-0.05, 0) is 43.7 Å². The van der Waals surface area contributed by atoms with Crippen LogP contribution in [0.25, 0.3) is 0 Å². The summed E-state index contributed by atoms with van der Waals surface area (Å²) >= 11 is 0. The van der Waals surface area contributed by atoms with Crippen LogP contribution in [0.4, 0.5) is 0 Å². The predicted molar refractivity (Wildman–Crippen MR) is 75.1 cm³/mol. The molecule has 100 valence electrons. The first-order valence-corrected chi connectivity index (χ1v) is 7.11. The van der Waals surface area contributed by atoms with Crippen LogP contribution < -0.4 is 10.9 Å². The number of hydrogen-bond acceptors (Lipinski definition) is 2. The lowest BCUT2D eigenvalue weighted by Crippen LogP contribution is -2.29. The summed E-state index contributed by atoms with van der Waals surface area (Å²) in [7, 11) is 0. The van der Waals surface area contributed by atoms with E-state index < -0.39 is 0 Å². The van der Waals surface area contributed by atoms with Crippen molar-refractivity contribution in [2.45, 2.75) is 46.1 Å². The van der Waals surface area contributed by atoms with Crippen LogP contribution in [0.2, 0.25) is 0 Å². The molecule has 1 aromatic heterocycles. The quantitative estimate of drug-likeness (QED) is 0.781. The smallest absolute Gasteiger partial charge is 0.250 e. The summed E-state index contributed by atoms with van der Waals surface area (Å²) in [5.74, 6) is 0.737. The normalized spacial score (nSPS) is 14.2. The first-order valence-electron chi connectivity index (χ1n) is 7.11. The molecule has 0 aliphatic heterocycles. The van der Waals surface area contributed by atoms with Crippen LogP contribution in [-0.4, -0.2) is 17.7 Å². The van der Waals surface area contributed by atoms with Gasteiger partial charge in [0.25, 0.3) is 5.56 Å². The standard InChI is InChI=1S/C15H24N2O/c1-12(2)8-9-16-10-11-17-14-5-3-4-13(14)6-7-15(17)18/h6-7,12,16H,3-5,8-11H2,1-2H3. The van der Waals surface area contributed by atoms with Gasteiger partial charge in [-0.15, -0.1) is 0 Å². The van der Waals surface area contributed by atoms with Gasteiger partial charge in [-0.25, -0.2) is 0 Å². The fourth-order valence-corrected chi connectivity index (χ4v) is 2.59. The van der Waals surface area contributed by atoms with Crippen molar-refractivity contribution in [1.82, 2.24) is 9.88 Å². The molecular weight excluding hydrogens is 224 g/mol. The molecule has 0 atom stereocenters. The van der Waals surface area contributed by atoms with E-state index in [0.29, 0.717) is 0 Å². The second-order valence-electron chi connectivity index (χ2n) is 5.58. The van der Waals surface area contributed by atoms with Gasteiger partial charge in [0.15, 0.2) is 0 Å². The van der Waals surface area contributed by atoms with Gasteiger partial charge < -0.3 is 9.88 Å². The highest BCUT2D eigenvalue weighted by Crippen LogP contribution is 2.19. The molecule has 0 spiro atoms. The monoisotopic (exact) mass is 248 g/mol. The SMILES string of the molecule is CC(C)CCNCCn1c2c(ccc1=O)CCC2. The minimum absolute atomic E-state index is 0.154.